The predicted molar refractivity (Wildman–Crippen MR) is 103 cm³/mol. The summed E-state index contributed by atoms with van der Waals surface area (Å²) in [6, 6.07) is 11.3. The monoisotopic (exact) mass is 380 g/mol. The largest absolute Gasteiger partial charge is 0.459 e. The summed E-state index contributed by atoms with van der Waals surface area (Å²) in [6.07, 6.45) is 1.38. The number of amides is 1. The molecule has 0 saturated heterocycles. The van der Waals surface area contributed by atoms with Gasteiger partial charge in [-0.3, -0.25) is 9.59 Å². The van der Waals surface area contributed by atoms with Gasteiger partial charge < -0.3 is 19.0 Å². The molecule has 1 N–H and O–H groups in total. The molecule has 0 aliphatic carbocycles. The van der Waals surface area contributed by atoms with Crippen molar-refractivity contribution in [1.82, 2.24) is 4.57 Å². The van der Waals surface area contributed by atoms with Crippen molar-refractivity contribution >= 4 is 23.3 Å². The topological polar surface area (TPSA) is 90.5 Å². The smallest absolute Gasteiger partial charge is 0.340 e. The number of hydrogen-bond donors (Lipinski definition) is 1. The molecule has 1 aromatic carbocycles. The number of ketones is 1. The van der Waals surface area contributed by atoms with Crippen molar-refractivity contribution in [2.24, 2.45) is 7.05 Å². The van der Waals surface area contributed by atoms with Gasteiger partial charge in [-0.15, -0.1) is 0 Å². The van der Waals surface area contributed by atoms with Gasteiger partial charge in [-0.05, 0) is 44.2 Å². The van der Waals surface area contributed by atoms with E-state index in [4.69, 9.17) is 9.15 Å². The van der Waals surface area contributed by atoms with Crippen LogP contribution in [0.25, 0.3) is 0 Å². The Morgan fingerprint density at radius 1 is 1.07 bits per heavy atom. The lowest BCUT2D eigenvalue weighted by Crippen LogP contribution is -2.18. The van der Waals surface area contributed by atoms with E-state index in [9.17, 15) is 14.4 Å². The van der Waals surface area contributed by atoms with Crippen LogP contribution in [0.2, 0.25) is 0 Å². The zero-order valence-electron chi connectivity index (χ0n) is 15.8. The summed E-state index contributed by atoms with van der Waals surface area (Å²) in [5.74, 6) is -1.36. The third-order valence-corrected chi connectivity index (χ3v) is 4.55. The molecule has 0 saturated carbocycles. The molecule has 28 heavy (non-hydrogen) atoms. The van der Waals surface area contributed by atoms with Gasteiger partial charge >= 0.3 is 5.97 Å². The fraction of sp³-hybridized carbons (Fsp3) is 0.190. The van der Waals surface area contributed by atoms with Crippen molar-refractivity contribution in [1.29, 1.82) is 0 Å². The first-order valence-electron chi connectivity index (χ1n) is 8.65. The minimum absolute atomic E-state index is 0.119. The minimum atomic E-state index is -0.700. The Bertz CT molecular complexity index is 1030. The molecule has 0 fully saturated rings. The van der Waals surface area contributed by atoms with Crippen molar-refractivity contribution < 1.29 is 23.5 Å². The first-order chi connectivity index (χ1) is 13.4. The van der Waals surface area contributed by atoms with Gasteiger partial charge in [-0.2, -0.15) is 0 Å². The second-order valence-corrected chi connectivity index (χ2v) is 6.32. The van der Waals surface area contributed by atoms with Crippen molar-refractivity contribution in [2.75, 3.05) is 11.9 Å². The number of rotatable bonds is 6. The highest BCUT2D eigenvalue weighted by atomic mass is 16.5. The van der Waals surface area contributed by atoms with E-state index in [1.54, 1.807) is 30.3 Å². The quantitative estimate of drug-likeness (QED) is 0.522. The van der Waals surface area contributed by atoms with Crippen LogP contribution in [0.3, 0.4) is 0 Å². The SMILES string of the molecule is Cc1cc(C(=O)COC(=O)c2ccccc2NC(=O)c2ccco2)c(C)n1C. The molecule has 2 aromatic heterocycles. The number of nitrogens with zero attached hydrogens (tertiary/aromatic N) is 1. The summed E-state index contributed by atoms with van der Waals surface area (Å²) in [5.41, 5.74) is 2.69. The van der Waals surface area contributed by atoms with Crippen LogP contribution < -0.4 is 5.32 Å². The molecule has 2 heterocycles. The number of carbonyl (C=O) groups excluding carboxylic acids is 3. The van der Waals surface area contributed by atoms with Gasteiger partial charge in [0.1, 0.15) is 0 Å². The maximum absolute atomic E-state index is 12.5. The Kier molecular flexibility index (Phi) is 5.44. The highest BCUT2D eigenvalue weighted by molar-refractivity contribution is 6.07. The minimum Gasteiger partial charge on any atom is -0.459 e. The first-order valence-corrected chi connectivity index (χ1v) is 8.65. The van der Waals surface area contributed by atoms with Crippen LogP contribution in [-0.2, 0) is 11.8 Å². The maximum atomic E-state index is 12.5. The molecular formula is C21H20N2O5. The number of furan rings is 1. The van der Waals surface area contributed by atoms with Crippen LogP contribution in [-0.4, -0.2) is 28.8 Å². The van der Waals surface area contributed by atoms with Crippen molar-refractivity contribution in [3.05, 3.63) is 77.0 Å². The average molecular weight is 380 g/mol. The van der Waals surface area contributed by atoms with E-state index in [0.717, 1.165) is 11.4 Å². The van der Waals surface area contributed by atoms with Crippen LogP contribution >= 0.6 is 0 Å². The van der Waals surface area contributed by atoms with E-state index in [0.29, 0.717) is 5.56 Å². The summed E-state index contributed by atoms with van der Waals surface area (Å²) < 4.78 is 12.1. The third-order valence-electron chi connectivity index (χ3n) is 4.55. The summed E-state index contributed by atoms with van der Waals surface area (Å²) in [4.78, 5) is 37.0. The predicted octanol–water partition coefficient (Wildman–Crippen LogP) is 3.53. The number of Topliss-reactive ketones (excluding diaryl/α,β-unsaturated/α-hetero) is 1. The molecular weight excluding hydrogens is 360 g/mol. The maximum Gasteiger partial charge on any atom is 0.340 e. The molecule has 3 aromatic rings. The Labute approximate surface area is 161 Å². The molecule has 144 valence electrons. The van der Waals surface area contributed by atoms with Gasteiger partial charge in [0.05, 0.1) is 17.5 Å². The standard InChI is InChI=1S/C21H20N2O5/c1-13-11-16(14(2)23(13)3)18(24)12-28-21(26)15-7-4-5-8-17(15)22-20(25)19-9-6-10-27-19/h4-11H,12H2,1-3H3,(H,22,25). The van der Waals surface area contributed by atoms with Crippen LogP contribution in [0.15, 0.2) is 53.1 Å². The summed E-state index contributed by atoms with van der Waals surface area (Å²) in [5, 5.41) is 2.61. The van der Waals surface area contributed by atoms with E-state index in [2.05, 4.69) is 5.32 Å². The lowest BCUT2D eigenvalue weighted by molar-refractivity contribution is 0.0475. The van der Waals surface area contributed by atoms with Crippen molar-refractivity contribution in [3.8, 4) is 0 Å². The number of nitrogens with one attached hydrogen (secondary N) is 1. The highest BCUT2D eigenvalue weighted by Gasteiger charge is 2.19. The molecule has 1 amide bonds. The Balaban J connectivity index is 1.70. The zero-order valence-corrected chi connectivity index (χ0v) is 15.8. The van der Waals surface area contributed by atoms with E-state index < -0.39 is 11.9 Å². The molecule has 0 radical (unpaired) electrons. The van der Waals surface area contributed by atoms with E-state index in [1.807, 2.05) is 25.5 Å². The summed E-state index contributed by atoms with van der Waals surface area (Å²) >= 11 is 0. The molecule has 0 unspecified atom stereocenters. The molecule has 0 bridgehead atoms. The van der Waals surface area contributed by atoms with Gasteiger partial charge in [0.2, 0.25) is 5.78 Å². The number of benzene rings is 1. The van der Waals surface area contributed by atoms with Gasteiger partial charge in [0.25, 0.3) is 5.91 Å². The van der Waals surface area contributed by atoms with Crippen molar-refractivity contribution in [3.63, 3.8) is 0 Å². The lowest BCUT2D eigenvalue weighted by Gasteiger charge is -2.10. The zero-order chi connectivity index (χ0) is 20.3. The number of esters is 1. The molecule has 0 spiro atoms. The molecule has 7 heteroatoms. The van der Waals surface area contributed by atoms with E-state index in [1.165, 1.54) is 18.4 Å². The van der Waals surface area contributed by atoms with Crippen molar-refractivity contribution in [2.45, 2.75) is 13.8 Å². The summed E-state index contributed by atoms with van der Waals surface area (Å²) in [6.45, 7) is 3.35. The summed E-state index contributed by atoms with van der Waals surface area (Å²) in [7, 11) is 1.87. The van der Waals surface area contributed by atoms with Crippen LogP contribution in [0.5, 0.6) is 0 Å². The number of aromatic nitrogens is 1. The average Bonchev–Trinajstić information content (AvgIpc) is 3.31. The molecule has 3 rings (SSSR count). The number of aryl methyl sites for hydroxylation is 1. The van der Waals surface area contributed by atoms with Crippen LogP contribution in [0.4, 0.5) is 5.69 Å². The Hall–Kier alpha value is -3.61. The second-order valence-electron chi connectivity index (χ2n) is 6.32. The third kappa shape index (κ3) is 3.88. The normalized spacial score (nSPS) is 10.5. The molecule has 7 nitrogen and oxygen atoms in total. The first kappa shape index (κ1) is 19.2. The van der Waals surface area contributed by atoms with Gasteiger partial charge in [0.15, 0.2) is 12.4 Å². The molecule has 0 aliphatic rings. The fourth-order valence-corrected chi connectivity index (χ4v) is 2.79. The van der Waals surface area contributed by atoms with Gasteiger partial charge in [-0.25, -0.2) is 4.79 Å². The van der Waals surface area contributed by atoms with Crippen LogP contribution in [0, 0.1) is 13.8 Å². The van der Waals surface area contributed by atoms with Crippen LogP contribution in [0.1, 0.15) is 42.7 Å². The van der Waals surface area contributed by atoms with Gasteiger partial charge in [0, 0.05) is 24.0 Å². The number of para-hydroxylation sites is 1. The number of carbonyl (C=O) groups is 3. The molecule has 0 atom stereocenters. The Morgan fingerprint density at radius 2 is 1.82 bits per heavy atom. The number of hydrogen-bond acceptors (Lipinski definition) is 5. The highest BCUT2D eigenvalue weighted by Crippen LogP contribution is 2.19. The molecule has 0 aliphatic heterocycles. The number of ether oxygens (including phenoxy) is 1. The lowest BCUT2D eigenvalue weighted by atomic mass is 10.1. The van der Waals surface area contributed by atoms with Gasteiger partial charge in [-0.1, -0.05) is 12.1 Å². The van der Waals surface area contributed by atoms with E-state index in [-0.39, 0.29) is 29.4 Å². The fourth-order valence-electron chi connectivity index (χ4n) is 2.79. The number of anilines is 1. The van der Waals surface area contributed by atoms with E-state index >= 15 is 0 Å². The second kappa shape index (κ2) is 7.96. The Morgan fingerprint density at radius 3 is 2.46 bits per heavy atom.